The number of pyridine rings is 1. The van der Waals surface area contributed by atoms with Crippen LogP contribution in [0, 0.1) is 11.7 Å². The summed E-state index contributed by atoms with van der Waals surface area (Å²) in [5.41, 5.74) is 0.452. The second kappa shape index (κ2) is 5.51. The monoisotopic (exact) mass is 265 g/mol. The first-order valence-electron chi connectivity index (χ1n) is 5.68. The molecule has 0 aliphatic rings. The van der Waals surface area contributed by atoms with Gasteiger partial charge in [0.25, 0.3) is 0 Å². The van der Waals surface area contributed by atoms with Gasteiger partial charge in [-0.2, -0.15) is 0 Å². The summed E-state index contributed by atoms with van der Waals surface area (Å²) in [5, 5.41) is 19.9. The third-order valence-corrected chi connectivity index (χ3v) is 2.69. The van der Waals surface area contributed by atoms with Gasteiger partial charge >= 0.3 is 5.97 Å². The molecule has 2 aromatic heterocycles. The molecule has 7 nitrogen and oxygen atoms in total. The van der Waals surface area contributed by atoms with Crippen LogP contribution in [0.3, 0.4) is 0 Å². The van der Waals surface area contributed by atoms with Gasteiger partial charge in [-0.05, 0) is 22.9 Å². The Morgan fingerprint density at radius 2 is 2.32 bits per heavy atom. The van der Waals surface area contributed by atoms with E-state index in [4.69, 9.17) is 5.11 Å². The molecule has 2 heterocycles. The molecule has 0 spiro atoms. The standard InChI is InChI=1S/C11H12FN5O2/c1-7(11(18)19)2-3-17-10(14-15-16-17)8-4-9(12)6-13-5-8/h4-7H,2-3H2,1H3,(H,18,19). The fraction of sp³-hybridized carbons (Fsp3) is 0.364. The number of nitrogens with zero attached hydrogens (tertiary/aromatic N) is 5. The lowest BCUT2D eigenvalue weighted by atomic mass is 10.1. The number of rotatable bonds is 5. The number of tetrazole rings is 1. The lowest BCUT2D eigenvalue weighted by molar-refractivity contribution is -0.141. The molecule has 0 aliphatic carbocycles. The van der Waals surface area contributed by atoms with Crippen LogP contribution in [0.15, 0.2) is 18.5 Å². The molecule has 0 amide bonds. The van der Waals surface area contributed by atoms with Crippen LogP contribution in [0.4, 0.5) is 4.39 Å². The summed E-state index contributed by atoms with van der Waals surface area (Å²) in [6, 6.07) is 1.27. The number of hydrogen-bond donors (Lipinski definition) is 1. The average Bonchev–Trinajstić information content (AvgIpc) is 2.84. The van der Waals surface area contributed by atoms with E-state index in [2.05, 4.69) is 20.5 Å². The molecule has 0 saturated heterocycles. The third-order valence-electron chi connectivity index (χ3n) is 2.69. The molecule has 0 saturated carbocycles. The number of hydrogen-bond acceptors (Lipinski definition) is 5. The Kier molecular flexibility index (Phi) is 3.79. The third kappa shape index (κ3) is 3.09. The zero-order valence-electron chi connectivity index (χ0n) is 10.2. The number of carbonyl (C=O) groups is 1. The number of aryl methyl sites for hydroxylation is 1. The number of aliphatic carboxylic acids is 1. The van der Waals surface area contributed by atoms with Crippen LogP contribution in [0.1, 0.15) is 13.3 Å². The van der Waals surface area contributed by atoms with Crippen molar-refractivity contribution < 1.29 is 14.3 Å². The van der Waals surface area contributed by atoms with Crippen molar-refractivity contribution >= 4 is 5.97 Å². The molecule has 100 valence electrons. The van der Waals surface area contributed by atoms with Crippen molar-refractivity contribution in [3.8, 4) is 11.4 Å². The van der Waals surface area contributed by atoms with Crippen molar-refractivity contribution in [3.05, 3.63) is 24.3 Å². The number of halogens is 1. The van der Waals surface area contributed by atoms with E-state index >= 15 is 0 Å². The van der Waals surface area contributed by atoms with Crippen LogP contribution in [0.2, 0.25) is 0 Å². The van der Waals surface area contributed by atoms with Gasteiger partial charge in [-0.25, -0.2) is 9.07 Å². The van der Waals surface area contributed by atoms with Crippen molar-refractivity contribution in [2.75, 3.05) is 0 Å². The molecule has 2 rings (SSSR count). The minimum atomic E-state index is -0.873. The Labute approximate surface area is 108 Å². The molecule has 0 bridgehead atoms. The highest BCUT2D eigenvalue weighted by Gasteiger charge is 2.14. The molecule has 0 aliphatic heterocycles. The minimum absolute atomic E-state index is 0.340. The Morgan fingerprint density at radius 1 is 1.53 bits per heavy atom. The van der Waals surface area contributed by atoms with E-state index in [1.165, 1.54) is 16.9 Å². The highest BCUT2D eigenvalue weighted by Crippen LogP contribution is 2.16. The molecule has 1 unspecified atom stereocenters. The lowest BCUT2D eigenvalue weighted by Crippen LogP contribution is -2.14. The average molecular weight is 265 g/mol. The largest absolute Gasteiger partial charge is 0.481 e. The summed E-state index contributed by atoms with van der Waals surface area (Å²) in [7, 11) is 0. The first kappa shape index (κ1) is 13.1. The maximum absolute atomic E-state index is 13.1. The zero-order valence-corrected chi connectivity index (χ0v) is 10.2. The van der Waals surface area contributed by atoms with Gasteiger partial charge in [0.15, 0.2) is 5.82 Å². The van der Waals surface area contributed by atoms with Crippen molar-refractivity contribution in [1.29, 1.82) is 0 Å². The summed E-state index contributed by atoms with van der Waals surface area (Å²) in [4.78, 5) is 14.5. The Hall–Kier alpha value is -2.38. The van der Waals surface area contributed by atoms with Crippen LogP contribution in [-0.4, -0.2) is 36.3 Å². The van der Waals surface area contributed by atoms with Crippen molar-refractivity contribution in [1.82, 2.24) is 25.2 Å². The van der Waals surface area contributed by atoms with Gasteiger partial charge in [-0.15, -0.1) is 5.10 Å². The molecule has 8 heteroatoms. The van der Waals surface area contributed by atoms with Crippen LogP contribution >= 0.6 is 0 Å². The second-order valence-corrected chi connectivity index (χ2v) is 4.15. The Morgan fingerprint density at radius 3 is 3.00 bits per heavy atom. The molecule has 2 aromatic rings. The van der Waals surface area contributed by atoms with Gasteiger partial charge in [0.1, 0.15) is 5.82 Å². The maximum atomic E-state index is 13.1. The van der Waals surface area contributed by atoms with Gasteiger partial charge in [0, 0.05) is 18.3 Å². The summed E-state index contributed by atoms with van der Waals surface area (Å²) >= 11 is 0. The minimum Gasteiger partial charge on any atom is -0.481 e. The van der Waals surface area contributed by atoms with E-state index in [9.17, 15) is 9.18 Å². The normalized spacial score (nSPS) is 12.3. The molecule has 19 heavy (non-hydrogen) atoms. The fourth-order valence-electron chi connectivity index (χ4n) is 1.54. The fourth-order valence-corrected chi connectivity index (χ4v) is 1.54. The van der Waals surface area contributed by atoms with Gasteiger partial charge in [0.2, 0.25) is 0 Å². The highest BCUT2D eigenvalue weighted by atomic mass is 19.1. The van der Waals surface area contributed by atoms with Crippen LogP contribution < -0.4 is 0 Å². The van der Waals surface area contributed by atoms with Gasteiger partial charge in [-0.1, -0.05) is 6.92 Å². The molecule has 0 radical (unpaired) electrons. The van der Waals surface area contributed by atoms with E-state index in [1.54, 1.807) is 6.92 Å². The smallest absolute Gasteiger partial charge is 0.306 e. The molecule has 0 fully saturated rings. The summed E-state index contributed by atoms with van der Waals surface area (Å²) < 4.78 is 14.5. The predicted molar refractivity (Wildman–Crippen MR) is 62.4 cm³/mol. The SMILES string of the molecule is CC(CCn1nnnc1-c1cncc(F)c1)C(=O)O. The summed E-state index contributed by atoms with van der Waals surface area (Å²) in [5.74, 6) is -1.49. The van der Waals surface area contributed by atoms with Crippen LogP contribution in [0.25, 0.3) is 11.4 Å². The van der Waals surface area contributed by atoms with E-state index in [-0.39, 0.29) is 0 Å². The van der Waals surface area contributed by atoms with Gasteiger partial charge in [-0.3, -0.25) is 9.78 Å². The Bertz CT molecular complexity index is 586. The molecular formula is C11H12FN5O2. The van der Waals surface area contributed by atoms with E-state index in [0.717, 1.165) is 6.20 Å². The van der Waals surface area contributed by atoms with E-state index in [1.807, 2.05) is 0 Å². The molecule has 1 N–H and O–H groups in total. The van der Waals surface area contributed by atoms with Crippen molar-refractivity contribution in [3.63, 3.8) is 0 Å². The van der Waals surface area contributed by atoms with Crippen LogP contribution in [0.5, 0.6) is 0 Å². The van der Waals surface area contributed by atoms with Gasteiger partial charge in [0.05, 0.1) is 12.1 Å². The number of carboxylic acid groups (broad SMARTS) is 1. The maximum Gasteiger partial charge on any atom is 0.306 e. The molecule has 0 aromatic carbocycles. The first-order valence-corrected chi connectivity index (χ1v) is 5.68. The topological polar surface area (TPSA) is 93.8 Å². The lowest BCUT2D eigenvalue weighted by Gasteiger charge is -2.07. The Balaban J connectivity index is 2.16. The summed E-state index contributed by atoms with van der Waals surface area (Å²) in [6.45, 7) is 1.95. The molecule has 1 atom stereocenters. The number of aromatic nitrogens is 5. The van der Waals surface area contributed by atoms with Gasteiger partial charge < -0.3 is 5.11 Å². The molecular weight excluding hydrogens is 253 g/mol. The van der Waals surface area contributed by atoms with Crippen LogP contribution in [-0.2, 0) is 11.3 Å². The highest BCUT2D eigenvalue weighted by molar-refractivity contribution is 5.69. The van der Waals surface area contributed by atoms with Crippen molar-refractivity contribution in [2.45, 2.75) is 19.9 Å². The van der Waals surface area contributed by atoms with Crippen molar-refractivity contribution in [2.24, 2.45) is 5.92 Å². The van der Waals surface area contributed by atoms with E-state index < -0.39 is 17.7 Å². The predicted octanol–water partition coefficient (Wildman–Crippen LogP) is 0.985. The zero-order chi connectivity index (χ0) is 13.8. The second-order valence-electron chi connectivity index (χ2n) is 4.15. The summed E-state index contributed by atoms with van der Waals surface area (Å²) in [6.07, 6.45) is 2.92. The first-order chi connectivity index (χ1) is 9.08. The number of carboxylic acids is 1. The van der Waals surface area contributed by atoms with E-state index in [0.29, 0.717) is 24.4 Å². The quantitative estimate of drug-likeness (QED) is 0.866.